The number of imidazole rings is 1. The fourth-order valence-electron chi connectivity index (χ4n) is 1.57. The van der Waals surface area contributed by atoms with Crippen LogP contribution >= 0.6 is 12.4 Å². The van der Waals surface area contributed by atoms with E-state index in [-0.39, 0.29) is 12.4 Å². The van der Waals surface area contributed by atoms with Crippen LogP contribution < -0.4 is 5.73 Å². The Labute approximate surface area is 105 Å². The summed E-state index contributed by atoms with van der Waals surface area (Å²) in [4.78, 5) is 11.2. The van der Waals surface area contributed by atoms with Crippen molar-refractivity contribution >= 4 is 12.4 Å². The summed E-state index contributed by atoms with van der Waals surface area (Å²) in [6.45, 7) is 3.95. The van der Waals surface area contributed by atoms with E-state index >= 15 is 0 Å². The van der Waals surface area contributed by atoms with Crippen LogP contribution in [0.25, 0.3) is 11.6 Å². The number of H-pyrrole nitrogens is 1. The van der Waals surface area contributed by atoms with Gasteiger partial charge in [0.05, 0.1) is 5.54 Å². The Morgan fingerprint density at radius 1 is 1.53 bits per heavy atom. The van der Waals surface area contributed by atoms with Crippen LogP contribution in [0.2, 0.25) is 0 Å². The Hall–Kier alpha value is -1.40. The van der Waals surface area contributed by atoms with Gasteiger partial charge in [-0.2, -0.15) is 4.98 Å². The molecule has 0 fully saturated rings. The zero-order valence-corrected chi connectivity index (χ0v) is 10.6. The monoisotopic (exact) mass is 257 g/mol. The molecule has 94 valence electrons. The maximum atomic E-state index is 6.09. The molecule has 2 rings (SSSR count). The fraction of sp³-hybridized carbons (Fsp3) is 0.500. The molecule has 1 unspecified atom stereocenters. The van der Waals surface area contributed by atoms with E-state index in [1.54, 1.807) is 12.4 Å². The summed E-state index contributed by atoms with van der Waals surface area (Å²) in [7, 11) is 0. The molecule has 0 saturated heterocycles. The van der Waals surface area contributed by atoms with Crippen molar-refractivity contribution in [2.24, 2.45) is 5.73 Å². The van der Waals surface area contributed by atoms with Gasteiger partial charge in [0.2, 0.25) is 11.7 Å². The first-order valence-electron chi connectivity index (χ1n) is 5.26. The predicted molar refractivity (Wildman–Crippen MR) is 65.6 cm³/mol. The summed E-state index contributed by atoms with van der Waals surface area (Å²) < 4.78 is 5.16. The van der Waals surface area contributed by atoms with E-state index in [9.17, 15) is 0 Å². The molecule has 7 heteroatoms. The van der Waals surface area contributed by atoms with E-state index in [1.165, 1.54) is 0 Å². The average molecular weight is 258 g/mol. The normalized spacial score (nSPS) is 14.1. The second kappa shape index (κ2) is 5.29. The molecule has 2 aromatic heterocycles. The minimum absolute atomic E-state index is 0. The summed E-state index contributed by atoms with van der Waals surface area (Å²) in [5.41, 5.74) is 5.51. The Balaban J connectivity index is 0.00000144. The van der Waals surface area contributed by atoms with Gasteiger partial charge in [-0.3, -0.25) is 0 Å². The topological polar surface area (TPSA) is 93.6 Å². The van der Waals surface area contributed by atoms with Gasteiger partial charge in [-0.05, 0) is 13.3 Å². The standard InChI is InChI=1S/C10H15N5O.ClH/c1-3-4-10(2,11)9-14-8(15-16-9)7-12-5-6-13-7;/h5-6H,3-4,11H2,1-2H3,(H,12,13);1H. The van der Waals surface area contributed by atoms with Gasteiger partial charge in [0, 0.05) is 12.4 Å². The van der Waals surface area contributed by atoms with Crippen LogP contribution in [0.1, 0.15) is 32.6 Å². The summed E-state index contributed by atoms with van der Waals surface area (Å²) >= 11 is 0. The number of hydrogen-bond donors (Lipinski definition) is 2. The summed E-state index contributed by atoms with van der Waals surface area (Å²) in [6, 6.07) is 0. The highest BCUT2D eigenvalue weighted by Crippen LogP contribution is 2.23. The van der Waals surface area contributed by atoms with Gasteiger partial charge >= 0.3 is 0 Å². The highest BCUT2D eigenvalue weighted by atomic mass is 35.5. The molecule has 1 atom stereocenters. The molecular formula is C10H16ClN5O. The summed E-state index contributed by atoms with van der Waals surface area (Å²) in [5, 5.41) is 3.85. The molecule has 2 heterocycles. The molecular weight excluding hydrogens is 242 g/mol. The van der Waals surface area contributed by atoms with Gasteiger partial charge in [-0.1, -0.05) is 18.5 Å². The quantitative estimate of drug-likeness (QED) is 0.872. The van der Waals surface area contributed by atoms with E-state index in [0.29, 0.717) is 17.5 Å². The van der Waals surface area contributed by atoms with Gasteiger partial charge in [-0.25, -0.2) is 4.98 Å². The zero-order valence-electron chi connectivity index (χ0n) is 9.80. The second-order valence-electron chi connectivity index (χ2n) is 4.03. The molecule has 0 saturated carbocycles. The van der Waals surface area contributed by atoms with Crippen LogP contribution in [0, 0.1) is 0 Å². The predicted octanol–water partition coefficient (Wildman–Crippen LogP) is 1.86. The Kier molecular flexibility index (Phi) is 4.25. The molecule has 0 aliphatic heterocycles. The fourth-order valence-corrected chi connectivity index (χ4v) is 1.57. The first-order chi connectivity index (χ1) is 7.63. The molecule has 0 spiro atoms. The summed E-state index contributed by atoms with van der Waals surface area (Å²) in [5.74, 6) is 1.47. The van der Waals surface area contributed by atoms with Crippen molar-refractivity contribution in [3.63, 3.8) is 0 Å². The lowest BCUT2D eigenvalue weighted by Crippen LogP contribution is -2.33. The number of rotatable bonds is 4. The van der Waals surface area contributed by atoms with Crippen LogP contribution in [0.3, 0.4) is 0 Å². The molecule has 17 heavy (non-hydrogen) atoms. The molecule has 2 aromatic rings. The molecule has 6 nitrogen and oxygen atoms in total. The van der Waals surface area contributed by atoms with Crippen molar-refractivity contribution in [3.05, 3.63) is 18.3 Å². The molecule has 0 aliphatic rings. The second-order valence-corrected chi connectivity index (χ2v) is 4.03. The van der Waals surface area contributed by atoms with Crippen LogP contribution in [0.15, 0.2) is 16.9 Å². The van der Waals surface area contributed by atoms with Gasteiger partial charge < -0.3 is 15.2 Å². The Morgan fingerprint density at radius 3 is 2.88 bits per heavy atom. The Bertz CT molecular complexity index is 451. The first-order valence-corrected chi connectivity index (χ1v) is 5.26. The maximum Gasteiger partial charge on any atom is 0.246 e. The number of hydrogen-bond acceptors (Lipinski definition) is 5. The van der Waals surface area contributed by atoms with Crippen LogP contribution in [0.4, 0.5) is 0 Å². The van der Waals surface area contributed by atoms with Gasteiger partial charge in [-0.15, -0.1) is 12.4 Å². The van der Waals surface area contributed by atoms with Crippen molar-refractivity contribution in [1.29, 1.82) is 0 Å². The number of nitrogens with two attached hydrogens (primary N) is 1. The van der Waals surface area contributed by atoms with Gasteiger partial charge in [0.25, 0.3) is 0 Å². The van der Waals surface area contributed by atoms with Crippen molar-refractivity contribution in [3.8, 4) is 11.6 Å². The van der Waals surface area contributed by atoms with Crippen LogP contribution in [-0.2, 0) is 5.54 Å². The van der Waals surface area contributed by atoms with Gasteiger partial charge in [0.15, 0.2) is 5.82 Å². The van der Waals surface area contributed by atoms with Crippen LogP contribution in [-0.4, -0.2) is 20.1 Å². The van der Waals surface area contributed by atoms with Crippen molar-refractivity contribution < 1.29 is 4.52 Å². The average Bonchev–Trinajstić information content (AvgIpc) is 2.89. The SMILES string of the molecule is CCCC(C)(N)c1nc(-c2ncc[nH]2)no1.Cl. The number of nitrogens with zero attached hydrogens (tertiary/aromatic N) is 3. The van der Waals surface area contributed by atoms with Gasteiger partial charge in [0.1, 0.15) is 0 Å². The lowest BCUT2D eigenvalue weighted by atomic mass is 9.98. The highest BCUT2D eigenvalue weighted by molar-refractivity contribution is 5.85. The van der Waals surface area contributed by atoms with E-state index in [0.717, 1.165) is 12.8 Å². The zero-order chi connectivity index (χ0) is 11.6. The van der Waals surface area contributed by atoms with Crippen molar-refractivity contribution in [1.82, 2.24) is 20.1 Å². The maximum absolute atomic E-state index is 6.09. The van der Waals surface area contributed by atoms with E-state index in [1.807, 2.05) is 6.92 Å². The molecule has 0 bridgehead atoms. The molecule has 0 radical (unpaired) electrons. The molecule has 0 aliphatic carbocycles. The van der Waals surface area contributed by atoms with E-state index in [4.69, 9.17) is 10.3 Å². The lowest BCUT2D eigenvalue weighted by Gasteiger charge is -2.17. The summed E-state index contributed by atoms with van der Waals surface area (Å²) in [6.07, 6.45) is 5.11. The molecule has 3 N–H and O–H groups in total. The third-order valence-corrected chi connectivity index (χ3v) is 2.39. The van der Waals surface area contributed by atoms with E-state index < -0.39 is 5.54 Å². The molecule has 0 amide bonds. The lowest BCUT2D eigenvalue weighted by molar-refractivity contribution is 0.284. The van der Waals surface area contributed by atoms with Crippen molar-refractivity contribution in [2.75, 3.05) is 0 Å². The molecule has 0 aromatic carbocycles. The van der Waals surface area contributed by atoms with Crippen molar-refractivity contribution in [2.45, 2.75) is 32.2 Å². The third kappa shape index (κ3) is 2.83. The number of aromatic amines is 1. The highest BCUT2D eigenvalue weighted by Gasteiger charge is 2.27. The third-order valence-electron chi connectivity index (χ3n) is 2.39. The van der Waals surface area contributed by atoms with Crippen LogP contribution in [0.5, 0.6) is 0 Å². The Morgan fingerprint density at radius 2 is 2.29 bits per heavy atom. The van der Waals surface area contributed by atoms with E-state index in [2.05, 4.69) is 27.0 Å². The smallest absolute Gasteiger partial charge is 0.246 e. The number of aromatic nitrogens is 4. The minimum Gasteiger partial charge on any atom is -0.342 e. The number of halogens is 1. The first kappa shape index (κ1) is 13.7. The minimum atomic E-state index is -0.577. The largest absolute Gasteiger partial charge is 0.342 e. The number of nitrogens with one attached hydrogen (secondary N) is 1.